The first-order valence-electron chi connectivity index (χ1n) is 7.46. The number of hydrogen-bond donors (Lipinski definition) is 3. The second-order valence-corrected chi connectivity index (χ2v) is 4.83. The molecule has 0 unspecified atom stereocenters. The van der Waals surface area contributed by atoms with Crippen molar-refractivity contribution in [2.75, 3.05) is 26.2 Å². The summed E-state index contributed by atoms with van der Waals surface area (Å²) in [5.41, 5.74) is 0. The number of amides is 1. The zero-order chi connectivity index (χ0) is 13.5. The highest BCUT2D eigenvalue weighted by Crippen LogP contribution is 2.16. The molecule has 4 nitrogen and oxygen atoms in total. The Kier molecular flexibility index (Phi) is 14.0. The van der Waals surface area contributed by atoms with Crippen LogP contribution in [0.1, 0.15) is 52.4 Å². The van der Waals surface area contributed by atoms with E-state index in [-0.39, 0.29) is 0 Å². The lowest BCUT2D eigenvalue weighted by molar-refractivity contribution is -0.110. The van der Waals surface area contributed by atoms with Gasteiger partial charge in [-0.25, -0.2) is 0 Å². The van der Waals surface area contributed by atoms with Crippen molar-refractivity contribution in [3.63, 3.8) is 0 Å². The van der Waals surface area contributed by atoms with Crippen molar-refractivity contribution in [2.24, 2.45) is 0 Å². The van der Waals surface area contributed by atoms with Crippen LogP contribution in [0.15, 0.2) is 0 Å². The third kappa shape index (κ3) is 11.9. The fraction of sp³-hybridized carbons (Fsp3) is 0.929. The van der Waals surface area contributed by atoms with E-state index in [1.54, 1.807) is 0 Å². The molecule has 0 atom stereocenters. The molecular weight excluding hydrogens is 226 g/mol. The molecule has 0 aromatic carbocycles. The second kappa shape index (κ2) is 14.5. The van der Waals surface area contributed by atoms with Crippen molar-refractivity contribution < 1.29 is 4.79 Å². The molecule has 0 aromatic rings. The van der Waals surface area contributed by atoms with Crippen molar-refractivity contribution in [1.82, 2.24) is 16.0 Å². The highest BCUT2D eigenvalue weighted by molar-refractivity contribution is 5.46. The molecule has 1 aliphatic carbocycles. The molecule has 4 heteroatoms. The fourth-order valence-electron chi connectivity index (χ4n) is 1.97. The standard InChI is InChI=1S/C7H13NO.C4H10N2.C3H8/c9-6-8-7-4-2-1-3-5-7;1-2-6-4-3-5-1;1-3-2/h6-7H,1-5H2,(H,8,9);5-6H,1-4H2;3H2,1-2H3. The summed E-state index contributed by atoms with van der Waals surface area (Å²) in [4.78, 5) is 9.96. The van der Waals surface area contributed by atoms with E-state index in [2.05, 4.69) is 29.8 Å². The van der Waals surface area contributed by atoms with Gasteiger partial charge in [0.05, 0.1) is 0 Å². The molecule has 2 aliphatic rings. The van der Waals surface area contributed by atoms with Gasteiger partial charge in [-0.3, -0.25) is 4.79 Å². The molecule has 18 heavy (non-hydrogen) atoms. The number of hydrogen-bond acceptors (Lipinski definition) is 3. The monoisotopic (exact) mass is 257 g/mol. The van der Waals surface area contributed by atoms with Gasteiger partial charge in [0.25, 0.3) is 0 Å². The van der Waals surface area contributed by atoms with E-state index < -0.39 is 0 Å². The predicted octanol–water partition coefficient (Wildman–Crippen LogP) is 1.66. The summed E-state index contributed by atoms with van der Waals surface area (Å²) in [5, 5.41) is 9.25. The minimum absolute atomic E-state index is 0.483. The van der Waals surface area contributed by atoms with Crippen molar-refractivity contribution >= 4 is 6.41 Å². The third-order valence-electron chi connectivity index (χ3n) is 2.87. The smallest absolute Gasteiger partial charge is 0.207 e. The van der Waals surface area contributed by atoms with E-state index in [9.17, 15) is 4.79 Å². The minimum Gasteiger partial charge on any atom is -0.356 e. The number of piperazine rings is 1. The predicted molar refractivity (Wildman–Crippen MR) is 77.8 cm³/mol. The van der Waals surface area contributed by atoms with Crippen molar-refractivity contribution in [3.8, 4) is 0 Å². The van der Waals surface area contributed by atoms with E-state index in [4.69, 9.17) is 0 Å². The summed E-state index contributed by atoms with van der Waals surface area (Å²) < 4.78 is 0. The number of nitrogens with one attached hydrogen (secondary N) is 3. The Labute approximate surface area is 112 Å². The van der Waals surface area contributed by atoms with Gasteiger partial charge in [-0.15, -0.1) is 0 Å². The van der Waals surface area contributed by atoms with Crippen molar-refractivity contribution in [2.45, 2.75) is 58.4 Å². The maximum atomic E-state index is 9.96. The zero-order valence-electron chi connectivity index (χ0n) is 12.1. The Bertz CT molecular complexity index is 155. The van der Waals surface area contributed by atoms with E-state index in [0.29, 0.717) is 6.04 Å². The van der Waals surface area contributed by atoms with Crippen molar-refractivity contribution in [1.29, 1.82) is 0 Å². The summed E-state index contributed by atoms with van der Waals surface area (Å²) in [6.07, 6.45) is 8.33. The third-order valence-corrected chi connectivity index (χ3v) is 2.87. The summed E-state index contributed by atoms with van der Waals surface area (Å²) in [6, 6.07) is 0.483. The van der Waals surface area contributed by atoms with Crippen LogP contribution in [0.25, 0.3) is 0 Å². The van der Waals surface area contributed by atoms with E-state index in [1.165, 1.54) is 38.5 Å². The quantitative estimate of drug-likeness (QED) is 0.660. The van der Waals surface area contributed by atoms with Gasteiger partial charge in [0.1, 0.15) is 0 Å². The summed E-state index contributed by atoms with van der Waals surface area (Å²) in [6.45, 7) is 8.81. The van der Waals surface area contributed by atoms with E-state index in [1.807, 2.05) is 0 Å². The first-order valence-corrected chi connectivity index (χ1v) is 7.46. The lowest BCUT2D eigenvalue weighted by Gasteiger charge is -2.19. The summed E-state index contributed by atoms with van der Waals surface area (Å²) in [5.74, 6) is 0. The topological polar surface area (TPSA) is 53.2 Å². The molecule has 0 radical (unpaired) electrons. The minimum atomic E-state index is 0.483. The Morgan fingerprint density at radius 3 is 1.78 bits per heavy atom. The maximum Gasteiger partial charge on any atom is 0.207 e. The van der Waals surface area contributed by atoms with Crippen LogP contribution in [-0.4, -0.2) is 38.6 Å². The molecule has 0 aromatic heterocycles. The average Bonchev–Trinajstić information content (AvgIpc) is 2.44. The molecule has 0 spiro atoms. The Morgan fingerprint density at radius 1 is 1.00 bits per heavy atom. The molecule has 1 aliphatic heterocycles. The lowest BCUT2D eigenvalue weighted by Crippen LogP contribution is -2.39. The number of rotatable bonds is 2. The number of carbonyl (C=O) groups excluding carboxylic acids is 1. The van der Waals surface area contributed by atoms with Gasteiger partial charge in [-0.2, -0.15) is 0 Å². The Hall–Kier alpha value is -0.610. The Morgan fingerprint density at radius 2 is 1.44 bits per heavy atom. The summed E-state index contributed by atoms with van der Waals surface area (Å²) >= 11 is 0. The highest BCUT2D eigenvalue weighted by Gasteiger charge is 2.10. The fourth-order valence-corrected chi connectivity index (χ4v) is 1.97. The van der Waals surface area contributed by atoms with E-state index in [0.717, 1.165) is 32.6 Å². The molecule has 1 saturated heterocycles. The van der Waals surface area contributed by atoms with Crippen LogP contribution in [0.3, 0.4) is 0 Å². The molecule has 2 fully saturated rings. The van der Waals surface area contributed by atoms with Gasteiger partial charge in [0, 0.05) is 32.2 Å². The Balaban J connectivity index is 0.000000278. The largest absolute Gasteiger partial charge is 0.356 e. The normalized spacial score (nSPS) is 19.7. The van der Waals surface area contributed by atoms with Crippen LogP contribution in [0.4, 0.5) is 0 Å². The molecule has 108 valence electrons. The highest BCUT2D eigenvalue weighted by atomic mass is 16.1. The lowest BCUT2D eigenvalue weighted by atomic mass is 9.96. The van der Waals surface area contributed by atoms with Crippen molar-refractivity contribution in [3.05, 3.63) is 0 Å². The van der Waals surface area contributed by atoms with Crippen LogP contribution >= 0.6 is 0 Å². The van der Waals surface area contributed by atoms with Gasteiger partial charge >= 0.3 is 0 Å². The van der Waals surface area contributed by atoms with E-state index >= 15 is 0 Å². The van der Waals surface area contributed by atoms with Gasteiger partial charge in [-0.05, 0) is 12.8 Å². The first kappa shape index (κ1) is 17.4. The SMILES string of the molecule is C1CNCCN1.CCC.O=CNC1CCCCC1. The molecule has 1 saturated carbocycles. The molecule has 1 heterocycles. The number of carbonyl (C=O) groups is 1. The average molecular weight is 257 g/mol. The van der Waals surface area contributed by atoms with Gasteiger partial charge in [0.2, 0.25) is 6.41 Å². The molecular formula is C14H31N3O. The molecule has 0 bridgehead atoms. The van der Waals surface area contributed by atoms with Gasteiger partial charge < -0.3 is 16.0 Å². The molecule has 3 N–H and O–H groups in total. The maximum absolute atomic E-state index is 9.96. The van der Waals surface area contributed by atoms with Crippen LogP contribution in [0, 0.1) is 0 Å². The second-order valence-electron chi connectivity index (χ2n) is 4.83. The zero-order valence-corrected chi connectivity index (χ0v) is 12.1. The first-order chi connectivity index (χ1) is 8.85. The van der Waals surface area contributed by atoms with Gasteiger partial charge in [0.15, 0.2) is 0 Å². The van der Waals surface area contributed by atoms with Crippen LogP contribution in [-0.2, 0) is 4.79 Å². The molecule has 2 rings (SSSR count). The van der Waals surface area contributed by atoms with Gasteiger partial charge in [-0.1, -0.05) is 39.5 Å². The molecule has 1 amide bonds. The van der Waals surface area contributed by atoms with Crippen LogP contribution in [0.2, 0.25) is 0 Å². The van der Waals surface area contributed by atoms with Crippen LogP contribution in [0.5, 0.6) is 0 Å². The van der Waals surface area contributed by atoms with Crippen LogP contribution < -0.4 is 16.0 Å². The summed E-state index contributed by atoms with van der Waals surface area (Å²) in [7, 11) is 0.